The summed E-state index contributed by atoms with van der Waals surface area (Å²) in [6.45, 7) is 3.85. The minimum Gasteiger partial charge on any atom is -0.309 e. The molecule has 0 fully saturated rings. The van der Waals surface area contributed by atoms with Crippen molar-refractivity contribution in [3.63, 3.8) is 0 Å². The SMILES string of the molecule is CCOP(=O)(CC)OCN. The van der Waals surface area contributed by atoms with E-state index in [2.05, 4.69) is 0 Å². The van der Waals surface area contributed by atoms with Gasteiger partial charge >= 0.3 is 7.60 Å². The minimum atomic E-state index is -2.83. The minimum absolute atomic E-state index is 0.0505. The fourth-order valence-corrected chi connectivity index (χ4v) is 1.59. The Morgan fingerprint density at radius 3 is 2.30 bits per heavy atom. The van der Waals surface area contributed by atoms with E-state index in [1.807, 2.05) is 0 Å². The molecular formula is C5H14NO3P. The van der Waals surface area contributed by atoms with E-state index in [-0.39, 0.29) is 6.73 Å². The molecule has 62 valence electrons. The summed E-state index contributed by atoms with van der Waals surface area (Å²) in [5, 5.41) is 0. The third kappa shape index (κ3) is 3.32. The van der Waals surface area contributed by atoms with Crippen LogP contribution in [-0.2, 0) is 13.6 Å². The quantitative estimate of drug-likeness (QED) is 0.493. The van der Waals surface area contributed by atoms with Crippen molar-refractivity contribution >= 4 is 7.60 Å². The van der Waals surface area contributed by atoms with Gasteiger partial charge in [-0.2, -0.15) is 0 Å². The second kappa shape index (κ2) is 4.85. The van der Waals surface area contributed by atoms with Crippen LogP contribution in [0.1, 0.15) is 13.8 Å². The topological polar surface area (TPSA) is 61.5 Å². The Balaban J connectivity index is 3.83. The summed E-state index contributed by atoms with van der Waals surface area (Å²) in [7, 11) is -2.83. The van der Waals surface area contributed by atoms with Crippen molar-refractivity contribution < 1.29 is 13.6 Å². The van der Waals surface area contributed by atoms with E-state index < -0.39 is 7.60 Å². The first kappa shape index (κ1) is 10.1. The van der Waals surface area contributed by atoms with Crippen molar-refractivity contribution in [3.05, 3.63) is 0 Å². The highest BCUT2D eigenvalue weighted by atomic mass is 31.2. The molecule has 0 amide bonds. The molecule has 0 heterocycles. The van der Waals surface area contributed by atoms with Crippen LogP contribution < -0.4 is 5.73 Å². The molecule has 0 radical (unpaired) electrons. The molecule has 0 rings (SSSR count). The van der Waals surface area contributed by atoms with Gasteiger partial charge in [-0.25, -0.2) is 0 Å². The van der Waals surface area contributed by atoms with Crippen LogP contribution in [0.25, 0.3) is 0 Å². The molecule has 0 spiro atoms. The highest BCUT2D eigenvalue weighted by molar-refractivity contribution is 7.53. The van der Waals surface area contributed by atoms with Crippen LogP contribution in [0, 0.1) is 0 Å². The largest absolute Gasteiger partial charge is 0.331 e. The Labute approximate surface area is 61.2 Å². The molecule has 0 aromatic rings. The van der Waals surface area contributed by atoms with Gasteiger partial charge in [-0.3, -0.25) is 9.09 Å². The Bertz CT molecular complexity index is 118. The Morgan fingerprint density at radius 2 is 2.00 bits per heavy atom. The van der Waals surface area contributed by atoms with E-state index in [0.717, 1.165) is 0 Å². The molecule has 0 aromatic heterocycles. The Morgan fingerprint density at radius 1 is 1.40 bits per heavy atom. The fraction of sp³-hybridized carbons (Fsp3) is 1.00. The van der Waals surface area contributed by atoms with Crippen LogP contribution in [-0.4, -0.2) is 19.5 Å². The predicted molar refractivity (Wildman–Crippen MR) is 39.9 cm³/mol. The molecule has 0 aliphatic heterocycles. The zero-order valence-corrected chi connectivity index (χ0v) is 7.27. The molecule has 0 saturated heterocycles. The van der Waals surface area contributed by atoms with Crippen molar-refractivity contribution in [2.45, 2.75) is 13.8 Å². The molecule has 10 heavy (non-hydrogen) atoms. The first-order valence-corrected chi connectivity index (χ1v) is 4.99. The number of rotatable bonds is 5. The van der Waals surface area contributed by atoms with Gasteiger partial charge in [-0.1, -0.05) is 6.92 Å². The normalized spacial score (nSPS) is 16.7. The van der Waals surface area contributed by atoms with Crippen molar-refractivity contribution in [1.82, 2.24) is 0 Å². The zero-order chi connectivity index (χ0) is 8.04. The zero-order valence-electron chi connectivity index (χ0n) is 6.37. The van der Waals surface area contributed by atoms with Crippen molar-refractivity contribution in [2.24, 2.45) is 5.73 Å². The number of hydrogen-bond donors (Lipinski definition) is 1. The lowest BCUT2D eigenvalue weighted by molar-refractivity contribution is 0.217. The third-order valence-corrected chi connectivity index (χ3v) is 2.95. The molecule has 1 atom stereocenters. The van der Waals surface area contributed by atoms with Gasteiger partial charge in [0.2, 0.25) is 0 Å². The van der Waals surface area contributed by atoms with Gasteiger partial charge < -0.3 is 10.3 Å². The molecule has 0 saturated carbocycles. The summed E-state index contributed by atoms with van der Waals surface area (Å²) in [4.78, 5) is 0. The first-order chi connectivity index (χ1) is 4.68. The van der Waals surface area contributed by atoms with Gasteiger partial charge in [0.05, 0.1) is 6.61 Å². The van der Waals surface area contributed by atoms with Crippen LogP contribution in [0.3, 0.4) is 0 Å². The summed E-state index contributed by atoms with van der Waals surface area (Å²) in [5.41, 5.74) is 5.05. The highest BCUT2D eigenvalue weighted by Gasteiger charge is 2.19. The van der Waals surface area contributed by atoms with Crippen LogP contribution in [0.15, 0.2) is 0 Å². The van der Waals surface area contributed by atoms with E-state index >= 15 is 0 Å². The summed E-state index contributed by atoms with van der Waals surface area (Å²) < 4.78 is 20.9. The molecule has 5 heteroatoms. The van der Waals surface area contributed by atoms with Gasteiger partial charge in [-0.15, -0.1) is 0 Å². The van der Waals surface area contributed by atoms with E-state index in [0.29, 0.717) is 12.8 Å². The second-order valence-corrected chi connectivity index (χ2v) is 4.01. The van der Waals surface area contributed by atoms with Crippen LogP contribution in [0.5, 0.6) is 0 Å². The highest BCUT2D eigenvalue weighted by Crippen LogP contribution is 2.46. The summed E-state index contributed by atoms with van der Waals surface area (Å²) in [5.74, 6) is 0. The maximum Gasteiger partial charge on any atom is 0.331 e. The van der Waals surface area contributed by atoms with E-state index in [4.69, 9.17) is 14.8 Å². The first-order valence-electron chi connectivity index (χ1n) is 3.26. The number of hydrogen-bond acceptors (Lipinski definition) is 4. The molecule has 0 aliphatic carbocycles. The van der Waals surface area contributed by atoms with Crippen LogP contribution in [0.4, 0.5) is 0 Å². The lowest BCUT2D eigenvalue weighted by Gasteiger charge is -2.13. The van der Waals surface area contributed by atoms with Gasteiger partial charge in [0, 0.05) is 6.16 Å². The average Bonchev–Trinajstić information content (AvgIpc) is 1.89. The van der Waals surface area contributed by atoms with Crippen molar-refractivity contribution in [2.75, 3.05) is 19.5 Å². The summed E-state index contributed by atoms with van der Waals surface area (Å²) >= 11 is 0. The lowest BCUT2D eigenvalue weighted by atomic mass is 10.9. The Hall–Kier alpha value is 0.110. The summed E-state index contributed by atoms with van der Waals surface area (Å²) in [6.07, 6.45) is 0.373. The Kier molecular flexibility index (Phi) is 4.91. The van der Waals surface area contributed by atoms with Crippen LogP contribution in [0.2, 0.25) is 0 Å². The van der Waals surface area contributed by atoms with Gasteiger partial charge in [0.1, 0.15) is 6.73 Å². The van der Waals surface area contributed by atoms with Crippen molar-refractivity contribution in [1.29, 1.82) is 0 Å². The standard InChI is InChI=1S/C5H14NO3P/c1-3-8-10(7,4-2)9-5-6/h3-6H2,1-2H3. The molecule has 4 nitrogen and oxygen atoms in total. The van der Waals surface area contributed by atoms with E-state index in [9.17, 15) is 4.57 Å². The van der Waals surface area contributed by atoms with Gasteiger partial charge in [0.25, 0.3) is 0 Å². The third-order valence-electron chi connectivity index (χ3n) is 0.984. The van der Waals surface area contributed by atoms with Crippen LogP contribution >= 0.6 is 7.60 Å². The van der Waals surface area contributed by atoms with E-state index in [1.54, 1.807) is 13.8 Å². The predicted octanol–water partition coefficient (Wildman–Crippen LogP) is 1.17. The second-order valence-electron chi connectivity index (χ2n) is 1.64. The summed E-state index contributed by atoms with van der Waals surface area (Å²) in [6, 6.07) is 0. The molecule has 0 bridgehead atoms. The average molecular weight is 167 g/mol. The molecule has 2 N–H and O–H groups in total. The smallest absolute Gasteiger partial charge is 0.309 e. The number of nitrogens with two attached hydrogens (primary N) is 1. The monoisotopic (exact) mass is 167 g/mol. The molecular weight excluding hydrogens is 153 g/mol. The molecule has 0 aliphatic rings. The lowest BCUT2D eigenvalue weighted by Crippen LogP contribution is -2.06. The maximum absolute atomic E-state index is 11.3. The van der Waals surface area contributed by atoms with E-state index in [1.165, 1.54) is 0 Å². The van der Waals surface area contributed by atoms with Gasteiger partial charge in [0.15, 0.2) is 0 Å². The fourth-order valence-electron chi connectivity index (χ4n) is 0.530. The maximum atomic E-state index is 11.3. The molecule has 1 unspecified atom stereocenters. The van der Waals surface area contributed by atoms with Gasteiger partial charge in [-0.05, 0) is 6.92 Å². The molecule has 0 aromatic carbocycles. The van der Waals surface area contributed by atoms with Crippen molar-refractivity contribution in [3.8, 4) is 0 Å².